The maximum atomic E-state index is 12.3. The van der Waals surface area contributed by atoms with E-state index >= 15 is 0 Å². The Balaban J connectivity index is 1.30. The van der Waals surface area contributed by atoms with Crippen molar-refractivity contribution in [1.82, 2.24) is 5.32 Å². The number of hydrogen-bond acceptors (Lipinski definition) is 3. The van der Waals surface area contributed by atoms with Gasteiger partial charge in [-0.15, -0.1) is 13.2 Å². The number of alkyl halides is 3. The topological polar surface area (TPSA) is 47.6 Å². The number of nitrogens with one attached hydrogen (secondary N) is 1. The van der Waals surface area contributed by atoms with E-state index in [-0.39, 0.29) is 24.8 Å². The van der Waals surface area contributed by atoms with E-state index in [2.05, 4.69) is 22.2 Å². The number of amides is 1. The van der Waals surface area contributed by atoms with Crippen molar-refractivity contribution in [2.24, 2.45) is 0 Å². The van der Waals surface area contributed by atoms with Crippen LogP contribution < -0.4 is 10.1 Å². The van der Waals surface area contributed by atoms with Crippen LogP contribution in [0.1, 0.15) is 22.6 Å². The molecule has 0 atom stereocenters. The zero-order valence-electron chi connectivity index (χ0n) is 16.9. The van der Waals surface area contributed by atoms with E-state index < -0.39 is 12.5 Å². The number of rotatable bonds is 6. The summed E-state index contributed by atoms with van der Waals surface area (Å²) in [5.41, 5.74) is 5.07. The molecule has 0 fully saturated rings. The lowest BCUT2D eigenvalue weighted by molar-refractivity contribution is -0.274. The third-order valence-electron chi connectivity index (χ3n) is 5.11. The van der Waals surface area contributed by atoms with Gasteiger partial charge in [0.25, 0.3) is 0 Å². The molecule has 1 aliphatic carbocycles. The fraction of sp³-hybridized carbons (Fsp3) is 0.160. The smallest absolute Gasteiger partial charge is 0.449 e. The molecule has 0 aliphatic heterocycles. The van der Waals surface area contributed by atoms with Crippen LogP contribution >= 0.6 is 0 Å². The standard InChI is InChI=1S/C25H20F3NO3/c26-25(27,28)32-18-9-5-7-17(15-18)8-6-14-29-24(30)31-16-23-21-12-3-1-10-19(21)20-11-2-4-13-22(20)23/h1-13,15,23H,14,16H2,(H,29,30). The Morgan fingerprint density at radius 1 is 0.938 bits per heavy atom. The molecule has 3 aromatic rings. The van der Waals surface area contributed by atoms with Crippen LogP contribution in [0.3, 0.4) is 0 Å². The summed E-state index contributed by atoms with van der Waals surface area (Å²) in [6.45, 7) is 0.376. The third kappa shape index (κ3) is 5.11. The number of fused-ring (bicyclic) bond motifs is 3. The van der Waals surface area contributed by atoms with Crippen molar-refractivity contribution < 1.29 is 27.4 Å². The summed E-state index contributed by atoms with van der Waals surface area (Å²) in [7, 11) is 0. The number of carbonyl (C=O) groups is 1. The molecule has 0 heterocycles. The van der Waals surface area contributed by atoms with Crippen molar-refractivity contribution in [3.05, 3.63) is 95.6 Å². The van der Waals surface area contributed by atoms with Gasteiger partial charge in [-0.1, -0.05) is 72.8 Å². The molecule has 0 unspecified atom stereocenters. The van der Waals surface area contributed by atoms with Crippen LogP contribution in [0, 0.1) is 0 Å². The Kier molecular flexibility index (Phi) is 6.16. The maximum Gasteiger partial charge on any atom is 0.573 e. The molecule has 0 radical (unpaired) electrons. The highest BCUT2D eigenvalue weighted by Gasteiger charge is 2.31. The summed E-state index contributed by atoms with van der Waals surface area (Å²) in [4.78, 5) is 12.1. The number of benzene rings is 3. The Morgan fingerprint density at radius 2 is 1.59 bits per heavy atom. The van der Waals surface area contributed by atoms with E-state index in [0.29, 0.717) is 5.56 Å². The molecule has 1 amide bonds. The highest BCUT2D eigenvalue weighted by atomic mass is 19.4. The lowest BCUT2D eigenvalue weighted by atomic mass is 9.98. The van der Waals surface area contributed by atoms with Crippen molar-refractivity contribution in [2.75, 3.05) is 13.2 Å². The zero-order valence-corrected chi connectivity index (χ0v) is 16.9. The molecule has 4 rings (SSSR count). The highest BCUT2D eigenvalue weighted by Crippen LogP contribution is 2.44. The van der Waals surface area contributed by atoms with Crippen molar-refractivity contribution in [3.8, 4) is 16.9 Å². The fourth-order valence-corrected chi connectivity index (χ4v) is 3.80. The third-order valence-corrected chi connectivity index (χ3v) is 5.11. The van der Waals surface area contributed by atoms with Crippen molar-refractivity contribution in [3.63, 3.8) is 0 Å². The zero-order chi connectivity index (χ0) is 22.6. The normalized spacial score (nSPS) is 13.0. The molecular weight excluding hydrogens is 419 g/mol. The first-order chi connectivity index (χ1) is 15.4. The molecule has 0 saturated carbocycles. The van der Waals surface area contributed by atoms with E-state index in [1.165, 1.54) is 18.2 Å². The Bertz CT molecular complexity index is 1100. The van der Waals surface area contributed by atoms with Gasteiger partial charge in [0.1, 0.15) is 12.4 Å². The Hall–Kier alpha value is -3.74. The van der Waals surface area contributed by atoms with Crippen LogP contribution in [-0.2, 0) is 4.74 Å². The summed E-state index contributed by atoms with van der Waals surface area (Å²) in [5.74, 6) is -0.329. The molecule has 32 heavy (non-hydrogen) atoms. The quantitative estimate of drug-likeness (QED) is 0.502. The number of halogens is 3. The first kappa shape index (κ1) is 21.5. The Labute approximate surface area is 183 Å². The van der Waals surface area contributed by atoms with Gasteiger partial charge in [-0.05, 0) is 39.9 Å². The molecule has 3 aromatic carbocycles. The van der Waals surface area contributed by atoms with Crippen molar-refractivity contribution >= 4 is 12.2 Å². The first-order valence-electron chi connectivity index (χ1n) is 10.0. The van der Waals surface area contributed by atoms with Gasteiger partial charge in [0.2, 0.25) is 0 Å². The second kappa shape index (κ2) is 9.18. The fourth-order valence-electron chi connectivity index (χ4n) is 3.80. The molecule has 0 saturated heterocycles. The van der Waals surface area contributed by atoms with Gasteiger partial charge in [0.15, 0.2) is 0 Å². The van der Waals surface area contributed by atoms with Crippen LogP contribution in [0.2, 0.25) is 0 Å². The number of alkyl carbamates (subject to hydrolysis) is 1. The van der Waals surface area contributed by atoms with Crippen LogP contribution in [0.15, 0.2) is 78.9 Å². The van der Waals surface area contributed by atoms with Gasteiger partial charge in [-0.3, -0.25) is 0 Å². The molecule has 1 aliphatic rings. The van der Waals surface area contributed by atoms with E-state index in [1.807, 2.05) is 36.4 Å². The maximum absolute atomic E-state index is 12.3. The number of ether oxygens (including phenoxy) is 2. The summed E-state index contributed by atoms with van der Waals surface area (Å²) in [6, 6.07) is 21.7. The predicted molar refractivity (Wildman–Crippen MR) is 115 cm³/mol. The molecular formula is C25H20F3NO3. The Morgan fingerprint density at radius 3 is 2.25 bits per heavy atom. The van der Waals surface area contributed by atoms with Crippen LogP contribution in [0.25, 0.3) is 17.2 Å². The van der Waals surface area contributed by atoms with Crippen LogP contribution in [-0.4, -0.2) is 25.6 Å². The van der Waals surface area contributed by atoms with Crippen LogP contribution in [0.5, 0.6) is 5.75 Å². The largest absolute Gasteiger partial charge is 0.573 e. The highest BCUT2D eigenvalue weighted by molar-refractivity contribution is 5.79. The van der Waals surface area contributed by atoms with Gasteiger partial charge >= 0.3 is 12.5 Å². The van der Waals surface area contributed by atoms with E-state index in [1.54, 1.807) is 18.2 Å². The van der Waals surface area contributed by atoms with Gasteiger partial charge in [-0.2, -0.15) is 0 Å². The molecule has 0 bridgehead atoms. The number of hydrogen-bond donors (Lipinski definition) is 1. The molecule has 0 aromatic heterocycles. The summed E-state index contributed by atoms with van der Waals surface area (Å²) in [6.07, 6.45) is -2.10. The SMILES string of the molecule is O=C(NCC=Cc1cccc(OC(F)(F)F)c1)OCC1c2ccccc2-c2ccccc21. The second-order valence-corrected chi connectivity index (χ2v) is 7.23. The van der Waals surface area contributed by atoms with Crippen molar-refractivity contribution in [1.29, 1.82) is 0 Å². The van der Waals surface area contributed by atoms with E-state index in [4.69, 9.17) is 4.74 Å². The monoisotopic (exact) mass is 439 g/mol. The van der Waals surface area contributed by atoms with Gasteiger partial charge in [-0.25, -0.2) is 4.79 Å². The van der Waals surface area contributed by atoms with Crippen molar-refractivity contribution in [2.45, 2.75) is 12.3 Å². The van der Waals surface area contributed by atoms with Gasteiger partial charge < -0.3 is 14.8 Å². The molecule has 1 N–H and O–H groups in total. The minimum absolute atomic E-state index is 0.0277. The second-order valence-electron chi connectivity index (χ2n) is 7.23. The lowest BCUT2D eigenvalue weighted by Crippen LogP contribution is -2.26. The molecule has 164 valence electrons. The molecule has 0 spiro atoms. The van der Waals surface area contributed by atoms with Gasteiger partial charge in [0.05, 0.1) is 0 Å². The summed E-state index contributed by atoms with van der Waals surface area (Å²) >= 11 is 0. The summed E-state index contributed by atoms with van der Waals surface area (Å²) in [5, 5.41) is 2.62. The number of carbonyl (C=O) groups excluding carboxylic acids is 1. The first-order valence-corrected chi connectivity index (χ1v) is 10.0. The van der Waals surface area contributed by atoms with E-state index in [0.717, 1.165) is 22.3 Å². The minimum atomic E-state index is -4.74. The minimum Gasteiger partial charge on any atom is -0.449 e. The van der Waals surface area contributed by atoms with Crippen LogP contribution in [0.4, 0.5) is 18.0 Å². The van der Waals surface area contributed by atoms with E-state index in [9.17, 15) is 18.0 Å². The average Bonchev–Trinajstić information content (AvgIpc) is 3.08. The molecule has 4 nitrogen and oxygen atoms in total. The predicted octanol–water partition coefficient (Wildman–Crippen LogP) is 6.14. The summed E-state index contributed by atoms with van der Waals surface area (Å²) < 4.78 is 46.3. The lowest BCUT2D eigenvalue weighted by Gasteiger charge is -2.14. The van der Waals surface area contributed by atoms with Gasteiger partial charge in [0, 0.05) is 12.5 Å². The molecule has 7 heteroatoms. The average molecular weight is 439 g/mol.